The zero-order valence-corrected chi connectivity index (χ0v) is 15.4. The van der Waals surface area contributed by atoms with Gasteiger partial charge in [-0.15, -0.1) is 0 Å². The van der Waals surface area contributed by atoms with E-state index in [-0.39, 0.29) is 11.9 Å². The van der Waals surface area contributed by atoms with E-state index in [0.29, 0.717) is 12.2 Å². The molecular formula is C22H22N3O2+. The van der Waals surface area contributed by atoms with Gasteiger partial charge in [0.1, 0.15) is 11.5 Å². The lowest BCUT2D eigenvalue weighted by atomic mass is 9.82. The Labute approximate surface area is 158 Å². The van der Waals surface area contributed by atoms with Crippen molar-refractivity contribution in [3.05, 3.63) is 82.8 Å². The van der Waals surface area contributed by atoms with Crippen LogP contribution in [0.4, 0.5) is 11.4 Å². The van der Waals surface area contributed by atoms with Gasteiger partial charge in [0.15, 0.2) is 6.21 Å². The van der Waals surface area contributed by atoms with Gasteiger partial charge in [-0.2, -0.15) is 0 Å². The number of carbonyl (C=O) groups excluding carboxylic acids is 1. The van der Waals surface area contributed by atoms with Crippen LogP contribution in [-0.2, 0) is 9.53 Å². The van der Waals surface area contributed by atoms with Crippen LogP contribution in [-0.4, -0.2) is 18.8 Å². The molecule has 136 valence electrons. The van der Waals surface area contributed by atoms with Gasteiger partial charge >= 0.3 is 5.97 Å². The molecule has 0 radical (unpaired) electrons. The Morgan fingerprint density at radius 3 is 2.59 bits per heavy atom. The molecule has 1 unspecified atom stereocenters. The largest absolute Gasteiger partial charge is 0.463 e. The summed E-state index contributed by atoms with van der Waals surface area (Å²) in [6.45, 7) is 4.08. The SMILES string of the molecule is CCOC(=O)C1=C(C)NC2=C(C=[NH+]c3ccccc3N2)C1c1ccccc1. The van der Waals surface area contributed by atoms with Crippen molar-refractivity contribution in [2.24, 2.45) is 0 Å². The number of para-hydroxylation sites is 2. The standard InChI is InChI=1S/C22H21N3O2/c1-3-27-22(26)19-14(2)24-21-16(20(19)15-9-5-4-6-10-15)13-23-17-11-7-8-12-18(17)25-21/h4-13,20,24-25H,3H2,1-2H3/p+1. The van der Waals surface area contributed by atoms with Gasteiger partial charge in [-0.05, 0) is 25.5 Å². The number of dihydropyridines is 1. The first-order chi connectivity index (χ1) is 13.2. The Hall–Kier alpha value is -3.34. The molecule has 0 bridgehead atoms. The van der Waals surface area contributed by atoms with E-state index >= 15 is 0 Å². The maximum absolute atomic E-state index is 12.8. The summed E-state index contributed by atoms with van der Waals surface area (Å²) >= 11 is 0. The second-order valence-corrected chi connectivity index (χ2v) is 6.52. The third-order valence-corrected chi connectivity index (χ3v) is 4.80. The van der Waals surface area contributed by atoms with Crippen molar-refractivity contribution in [3.63, 3.8) is 0 Å². The summed E-state index contributed by atoms with van der Waals surface area (Å²) in [5.41, 5.74) is 5.39. The number of rotatable bonds is 3. The van der Waals surface area contributed by atoms with Crippen LogP contribution in [0.15, 0.2) is 77.3 Å². The summed E-state index contributed by atoms with van der Waals surface area (Å²) in [6, 6.07) is 18.0. The summed E-state index contributed by atoms with van der Waals surface area (Å²) in [5, 5.41) is 6.84. The average Bonchev–Trinajstić information content (AvgIpc) is 2.86. The first kappa shape index (κ1) is 17.1. The lowest BCUT2D eigenvalue weighted by Gasteiger charge is -2.29. The minimum atomic E-state index is -0.293. The van der Waals surface area contributed by atoms with Crippen molar-refractivity contribution in [1.82, 2.24) is 5.32 Å². The maximum atomic E-state index is 12.8. The van der Waals surface area contributed by atoms with Gasteiger partial charge in [-0.1, -0.05) is 42.5 Å². The Bertz CT molecular complexity index is 974. The van der Waals surface area contributed by atoms with Gasteiger partial charge in [-0.25, -0.2) is 9.79 Å². The Morgan fingerprint density at radius 1 is 1.07 bits per heavy atom. The van der Waals surface area contributed by atoms with Crippen LogP contribution in [0, 0.1) is 0 Å². The van der Waals surface area contributed by atoms with Gasteiger partial charge in [0, 0.05) is 11.8 Å². The average molecular weight is 360 g/mol. The Balaban J connectivity index is 1.86. The summed E-state index contributed by atoms with van der Waals surface area (Å²) in [4.78, 5) is 16.1. The highest BCUT2D eigenvalue weighted by Gasteiger charge is 2.36. The third-order valence-electron chi connectivity index (χ3n) is 4.80. The van der Waals surface area contributed by atoms with Gasteiger partial charge < -0.3 is 15.4 Å². The van der Waals surface area contributed by atoms with Crippen molar-refractivity contribution in [2.45, 2.75) is 19.8 Å². The first-order valence-corrected chi connectivity index (χ1v) is 9.09. The number of anilines is 1. The summed E-state index contributed by atoms with van der Waals surface area (Å²) in [5.74, 6) is 0.348. The number of benzene rings is 2. The lowest BCUT2D eigenvalue weighted by Crippen LogP contribution is -2.62. The van der Waals surface area contributed by atoms with E-state index in [1.807, 2.05) is 74.7 Å². The first-order valence-electron chi connectivity index (χ1n) is 9.09. The molecule has 0 aromatic heterocycles. The normalized spacial score (nSPS) is 18.1. The van der Waals surface area contributed by atoms with Crippen molar-refractivity contribution in [1.29, 1.82) is 0 Å². The van der Waals surface area contributed by atoms with E-state index in [2.05, 4.69) is 15.6 Å². The van der Waals surface area contributed by atoms with E-state index in [9.17, 15) is 4.79 Å². The quantitative estimate of drug-likeness (QED) is 0.735. The molecule has 2 aromatic carbocycles. The highest BCUT2D eigenvalue weighted by Crippen LogP contribution is 2.38. The fourth-order valence-electron chi connectivity index (χ4n) is 3.58. The van der Waals surface area contributed by atoms with E-state index < -0.39 is 0 Å². The Morgan fingerprint density at radius 2 is 1.81 bits per heavy atom. The Kier molecular flexibility index (Phi) is 4.50. The van der Waals surface area contributed by atoms with Crippen LogP contribution in [0.5, 0.6) is 0 Å². The van der Waals surface area contributed by atoms with Crippen LogP contribution in [0.3, 0.4) is 0 Å². The second kappa shape index (κ2) is 7.11. The zero-order valence-electron chi connectivity index (χ0n) is 15.4. The molecule has 5 heteroatoms. The summed E-state index contributed by atoms with van der Waals surface area (Å²) < 4.78 is 5.36. The number of fused-ring (bicyclic) bond motifs is 1. The van der Waals surface area contributed by atoms with Gasteiger partial charge in [0.25, 0.3) is 0 Å². The number of allylic oxidation sites excluding steroid dienone is 2. The number of nitrogens with one attached hydrogen (secondary N) is 3. The van der Waals surface area contributed by atoms with Crippen molar-refractivity contribution >= 4 is 23.6 Å². The van der Waals surface area contributed by atoms with Crippen LogP contribution >= 0.6 is 0 Å². The molecular weight excluding hydrogens is 338 g/mol. The fraction of sp³-hybridized carbons (Fsp3) is 0.182. The maximum Gasteiger partial charge on any atom is 0.336 e. The van der Waals surface area contributed by atoms with Crippen molar-refractivity contribution in [3.8, 4) is 0 Å². The molecule has 0 spiro atoms. The molecule has 5 nitrogen and oxygen atoms in total. The minimum Gasteiger partial charge on any atom is -0.463 e. The van der Waals surface area contributed by atoms with Crippen molar-refractivity contribution in [2.75, 3.05) is 11.9 Å². The lowest BCUT2D eigenvalue weighted by molar-refractivity contribution is -0.345. The molecule has 0 aliphatic carbocycles. The van der Waals surface area contributed by atoms with E-state index in [1.54, 1.807) is 0 Å². The fourth-order valence-corrected chi connectivity index (χ4v) is 3.58. The molecule has 4 rings (SSSR count). The predicted molar refractivity (Wildman–Crippen MR) is 105 cm³/mol. The predicted octanol–water partition coefficient (Wildman–Crippen LogP) is 2.33. The molecule has 0 saturated heterocycles. The van der Waals surface area contributed by atoms with Gasteiger partial charge in [0.05, 0.1) is 23.7 Å². The number of hydrogen-bond acceptors (Lipinski definition) is 4. The summed E-state index contributed by atoms with van der Waals surface area (Å²) in [7, 11) is 0. The number of esters is 1. The summed E-state index contributed by atoms with van der Waals surface area (Å²) in [6.07, 6.45) is 1.96. The van der Waals surface area contributed by atoms with Crippen LogP contribution in [0.2, 0.25) is 0 Å². The molecule has 3 N–H and O–H groups in total. The van der Waals surface area contributed by atoms with E-state index in [4.69, 9.17) is 4.74 Å². The molecule has 0 saturated carbocycles. The monoisotopic (exact) mass is 360 g/mol. The number of hydrogen-bond donors (Lipinski definition) is 3. The smallest absolute Gasteiger partial charge is 0.336 e. The van der Waals surface area contributed by atoms with Gasteiger partial charge in [0.2, 0.25) is 5.69 Å². The molecule has 2 heterocycles. The molecule has 2 aliphatic rings. The number of ether oxygens (including phenoxy) is 1. The zero-order chi connectivity index (χ0) is 18.8. The van der Waals surface area contributed by atoms with Crippen molar-refractivity contribution < 1.29 is 14.5 Å². The van der Waals surface area contributed by atoms with E-state index in [1.165, 1.54) is 0 Å². The van der Waals surface area contributed by atoms with E-state index in [0.717, 1.165) is 34.0 Å². The molecule has 2 aromatic rings. The second-order valence-electron chi connectivity index (χ2n) is 6.52. The molecule has 0 fully saturated rings. The topological polar surface area (TPSA) is 64.3 Å². The molecule has 27 heavy (non-hydrogen) atoms. The minimum absolute atomic E-state index is 0.226. The highest BCUT2D eigenvalue weighted by molar-refractivity contribution is 5.97. The van der Waals surface area contributed by atoms with Crippen LogP contribution < -0.4 is 15.6 Å². The third kappa shape index (κ3) is 3.12. The van der Waals surface area contributed by atoms with Crippen LogP contribution in [0.25, 0.3) is 0 Å². The molecule has 2 aliphatic heterocycles. The van der Waals surface area contributed by atoms with Gasteiger partial charge in [-0.3, -0.25) is 0 Å². The van der Waals surface area contributed by atoms with Crippen LogP contribution in [0.1, 0.15) is 25.3 Å². The highest BCUT2D eigenvalue weighted by atomic mass is 16.5. The molecule has 1 atom stereocenters. The number of carbonyl (C=O) groups is 1. The molecule has 0 amide bonds.